The molecule has 0 amide bonds. The molecule has 0 aliphatic carbocycles. The molecule has 7 nitrogen and oxygen atoms in total. The van der Waals surface area contributed by atoms with Crippen molar-refractivity contribution < 1.29 is 9.47 Å². The number of ether oxygens (including phenoxy) is 2. The Bertz CT molecular complexity index is 810. The van der Waals surface area contributed by atoms with Crippen LogP contribution in [0.1, 0.15) is 19.4 Å². The number of nitrogens with one attached hydrogen (secondary N) is 1. The number of aromatic nitrogens is 4. The molecule has 0 unspecified atom stereocenters. The molecule has 0 bridgehead atoms. The second-order valence-electron chi connectivity index (χ2n) is 5.57. The van der Waals surface area contributed by atoms with Gasteiger partial charge in [0.1, 0.15) is 12.1 Å². The summed E-state index contributed by atoms with van der Waals surface area (Å²) in [7, 11) is 0. The van der Waals surface area contributed by atoms with Gasteiger partial charge in [0.25, 0.3) is 0 Å². The van der Waals surface area contributed by atoms with E-state index in [1.807, 2.05) is 30.7 Å². The van der Waals surface area contributed by atoms with Crippen LogP contribution in [0.4, 0.5) is 5.82 Å². The number of fused-ring (bicyclic) bond motifs is 1. The molecule has 0 aliphatic rings. The van der Waals surface area contributed by atoms with Crippen molar-refractivity contribution in [2.45, 2.75) is 27.1 Å². The Labute approximate surface area is 147 Å². The standard InChI is InChI=1S/C18H23N5O2/c1-4-24-16(25-5-2)11-19-17-15-10-22-23(18(15)21-12-20-17)14-8-6-13(3)7-9-14/h6-10,12,16H,4-5,11H2,1-3H3,(H,19,20,21). The predicted molar refractivity (Wildman–Crippen MR) is 96.9 cm³/mol. The molecule has 0 saturated carbocycles. The molecule has 3 aromatic rings. The van der Waals surface area contributed by atoms with Gasteiger partial charge in [-0.15, -0.1) is 0 Å². The van der Waals surface area contributed by atoms with Crippen molar-refractivity contribution in [2.24, 2.45) is 0 Å². The van der Waals surface area contributed by atoms with Crippen molar-refractivity contribution in [1.29, 1.82) is 0 Å². The summed E-state index contributed by atoms with van der Waals surface area (Å²) in [6, 6.07) is 8.16. The van der Waals surface area contributed by atoms with E-state index in [1.165, 1.54) is 11.9 Å². The van der Waals surface area contributed by atoms with Gasteiger partial charge >= 0.3 is 0 Å². The fourth-order valence-electron chi connectivity index (χ4n) is 2.58. The molecule has 1 N–H and O–H groups in total. The van der Waals surface area contributed by atoms with Gasteiger partial charge in [0.05, 0.1) is 23.8 Å². The lowest BCUT2D eigenvalue weighted by molar-refractivity contribution is -0.126. The Morgan fingerprint density at radius 3 is 2.48 bits per heavy atom. The van der Waals surface area contributed by atoms with Gasteiger partial charge in [-0.25, -0.2) is 14.6 Å². The van der Waals surface area contributed by atoms with Gasteiger partial charge in [-0.05, 0) is 32.9 Å². The molecule has 1 aromatic carbocycles. The molecule has 7 heteroatoms. The van der Waals surface area contributed by atoms with Crippen molar-refractivity contribution in [3.8, 4) is 5.69 Å². The Morgan fingerprint density at radius 1 is 1.08 bits per heavy atom. The average Bonchev–Trinajstić information content (AvgIpc) is 3.05. The number of nitrogens with zero attached hydrogens (tertiary/aromatic N) is 4. The average molecular weight is 341 g/mol. The summed E-state index contributed by atoms with van der Waals surface area (Å²) in [6.45, 7) is 7.64. The minimum Gasteiger partial charge on any atom is -0.364 e. The summed E-state index contributed by atoms with van der Waals surface area (Å²) in [6.07, 6.45) is 2.99. The van der Waals surface area contributed by atoms with Crippen LogP contribution in [0.3, 0.4) is 0 Å². The molecule has 0 fully saturated rings. The zero-order valence-electron chi connectivity index (χ0n) is 14.8. The number of rotatable bonds is 8. The second-order valence-corrected chi connectivity index (χ2v) is 5.57. The molecular weight excluding hydrogens is 318 g/mol. The summed E-state index contributed by atoms with van der Waals surface area (Å²) < 4.78 is 12.9. The van der Waals surface area contributed by atoms with Crippen LogP contribution in [0.25, 0.3) is 16.7 Å². The van der Waals surface area contributed by atoms with Crippen LogP contribution in [-0.2, 0) is 9.47 Å². The number of hydrogen-bond donors (Lipinski definition) is 1. The van der Waals surface area contributed by atoms with Gasteiger partial charge < -0.3 is 14.8 Å². The maximum atomic E-state index is 5.55. The van der Waals surface area contributed by atoms with E-state index < -0.39 is 0 Å². The Kier molecular flexibility index (Phi) is 5.57. The molecule has 25 heavy (non-hydrogen) atoms. The molecule has 132 valence electrons. The van der Waals surface area contributed by atoms with E-state index in [9.17, 15) is 0 Å². The third-order valence-electron chi connectivity index (χ3n) is 3.79. The highest BCUT2D eigenvalue weighted by Gasteiger charge is 2.13. The molecule has 0 spiro atoms. The van der Waals surface area contributed by atoms with Crippen LogP contribution in [0.5, 0.6) is 0 Å². The van der Waals surface area contributed by atoms with Crippen molar-refractivity contribution >= 4 is 16.9 Å². The minimum absolute atomic E-state index is 0.313. The van der Waals surface area contributed by atoms with E-state index in [1.54, 1.807) is 6.20 Å². The highest BCUT2D eigenvalue weighted by Crippen LogP contribution is 2.21. The molecule has 2 aromatic heterocycles. The Hall–Kier alpha value is -2.51. The Balaban J connectivity index is 1.84. The van der Waals surface area contributed by atoms with Crippen molar-refractivity contribution in [1.82, 2.24) is 19.7 Å². The third-order valence-corrected chi connectivity index (χ3v) is 3.79. The molecule has 3 rings (SSSR count). The molecule has 0 atom stereocenters. The minimum atomic E-state index is -0.313. The monoisotopic (exact) mass is 341 g/mol. The molecule has 0 aliphatic heterocycles. The van der Waals surface area contributed by atoms with Crippen molar-refractivity contribution in [3.05, 3.63) is 42.4 Å². The number of hydrogen-bond acceptors (Lipinski definition) is 6. The fraction of sp³-hybridized carbons (Fsp3) is 0.389. The van der Waals surface area contributed by atoms with Gasteiger partial charge in [-0.1, -0.05) is 17.7 Å². The molecule has 0 saturated heterocycles. The zero-order valence-corrected chi connectivity index (χ0v) is 14.8. The SMILES string of the molecule is CCOC(CNc1ncnc2c1cnn2-c1ccc(C)cc1)OCC. The van der Waals surface area contributed by atoms with Crippen LogP contribution in [0, 0.1) is 6.92 Å². The van der Waals surface area contributed by atoms with Crippen LogP contribution in [0.15, 0.2) is 36.8 Å². The van der Waals surface area contributed by atoms with Crippen molar-refractivity contribution in [3.63, 3.8) is 0 Å². The Morgan fingerprint density at radius 2 is 1.80 bits per heavy atom. The van der Waals surface area contributed by atoms with Crippen LogP contribution in [0.2, 0.25) is 0 Å². The first-order valence-corrected chi connectivity index (χ1v) is 8.45. The maximum Gasteiger partial charge on any atom is 0.174 e. The zero-order chi connectivity index (χ0) is 17.6. The first-order chi connectivity index (χ1) is 12.2. The normalized spacial score (nSPS) is 11.4. The van der Waals surface area contributed by atoms with E-state index in [4.69, 9.17) is 9.47 Å². The van der Waals surface area contributed by atoms with Gasteiger partial charge in [0, 0.05) is 13.2 Å². The highest BCUT2D eigenvalue weighted by atomic mass is 16.7. The lowest BCUT2D eigenvalue weighted by Gasteiger charge is -2.17. The fourth-order valence-corrected chi connectivity index (χ4v) is 2.58. The molecule has 0 radical (unpaired) electrons. The van der Waals surface area contributed by atoms with Gasteiger partial charge in [-0.2, -0.15) is 5.10 Å². The smallest absolute Gasteiger partial charge is 0.174 e. The highest BCUT2D eigenvalue weighted by molar-refractivity contribution is 5.87. The largest absolute Gasteiger partial charge is 0.364 e. The molecular formula is C18H23N5O2. The first kappa shape index (κ1) is 17.3. The predicted octanol–water partition coefficient (Wildman–Crippen LogP) is 2.93. The van der Waals surface area contributed by atoms with Crippen LogP contribution >= 0.6 is 0 Å². The summed E-state index contributed by atoms with van der Waals surface area (Å²) >= 11 is 0. The quantitative estimate of drug-likeness (QED) is 0.635. The van der Waals surface area contributed by atoms with E-state index in [0.717, 1.165) is 16.7 Å². The van der Waals surface area contributed by atoms with Gasteiger partial charge in [0.2, 0.25) is 0 Å². The topological polar surface area (TPSA) is 74.1 Å². The van der Waals surface area contributed by atoms with Gasteiger partial charge in [-0.3, -0.25) is 0 Å². The van der Waals surface area contributed by atoms with Crippen molar-refractivity contribution in [2.75, 3.05) is 25.1 Å². The summed E-state index contributed by atoms with van der Waals surface area (Å²) in [5, 5.41) is 8.60. The first-order valence-electron chi connectivity index (χ1n) is 8.45. The number of aryl methyl sites for hydroxylation is 1. The van der Waals surface area contributed by atoms with E-state index in [0.29, 0.717) is 25.6 Å². The van der Waals surface area contributed by atoms with E-state index in [-0.39, 0.29) is 6.29 Å². The lowest BCUT2D eigenvalue weighted by atomic mass is 10.2. The second kappa shape index (κ2) is 8.04. The van der Waals surface area contributed by atoms with Gasteiger partial charge in [0.15, 0.2) is 11.9 Å². The maximum absolute atomic E-state index is 5.55. The van der Waals surface area contributed by atoms with Crippen LogP contribution < -0.4 is 5.32 Å². The van der Waals surface area contributed by atoms with E-state index >= 15 is 0 Å². The summed E-state index contributed by atoms with van der Waals surface area (Å²) in [4.78, 5) is 8.72. The van der Waals surface area contributed by atoms with E-state index in [2.05, 4.69) is 39.4 Å². The third kappa shape index (κ3) is 3.94. The number of benzene rings is 1. The van der Waals surface area contributed by atoms with Crippen LogP contribution in [-0.4, -0.2) is 45.8 Å². The lowest BCUT2D eigenvalue weighted by Crippen LogP contribution is -2.26. The number of anilines is 1. The summed E-state index contributed by atoms with van der Waals surface area (Å²) in [5.41, 5.74) is 2.92. The molecule has 2 heterocycles. The summed E-state index contributed by atoms with van der Waals surface area (Å²) in [5.74, 6) is 0.716.